The summed E-state index contributed by atoms with van der Waals surface area (Å²) >= 11 is 6.03. The van der Waals surface area contributed by atoms with Gasteiger partial charge in [-0.1, -0.05) is 17.7 Å². The lowest BCUT2D eigenvalue weighted by atomic mass is 10.2. The molecular weight excluding hydrogens is 407 g/mol. The number of nitrogens with zero attached hydrogens (tertiary/aromatic N) is 5. The first-order valence-corrected chi connectivity index (χ1v) is 8.65. The Hall–Kier alpha value is -3.46. The first-order valence-electron chi connectivity index (χ1n) is 8.27. The van der Waals surface area contributed by atoms with Crippen LogP contribution in [0.1, 0.15) is 5.69 Å². The summed E-state index contributed by atoms with van der Waals surface area (Å²) in [5, 5.41) is 8.92. The summed E-state index contributed by atoms with van der Waals surface area (Å²) in [6, 6.07) is 11.9. The fraction of sp³-hybridized carbons (Fsp3) is 0.0526. The van der Waals surface area contributed by atoms with Gasteiger partial charge >= 0.3 is 6.18 Å². The molecule has 4 rings (SSSR count). The Morgan fingerprint density at radius 2 is 1.79 bits per heavy atom. The molecule has 0 fully saturated rings. The van der Waals surface area contributed by atoms with Crippen molar-refractivity contribution in [3.8, 4) is 22.8 Å². The fourth-order valence-electron chi connectivity index (χ4n) is 2.74. The van der Waals surface area contributed by atoms with Gasteiger partial charge in [-0.25, -0.2) is 9.36 Å². The van der Waals surface area contributed by atoms with Crippen LogP contribution >= 0.6 is 11.6 Å². The standard InChI is InChI=1S/C19H11ClF3N5O/c20-12-2-1-3-14(10-12)28-15(5-8-25-28)18-16(29)6-9-27(26-18)13-4-7-24-17(11-13)19(21,22)23/h1-11H. The summed E-state index contributed by atoms with van der Waals surface area (Å²) in [7, 11) is 0. The zero-order valence-corrected chi connectivity index (χ0v) is 15.3. The van der Waals surface area contributed by atoms with Crippen molar-refractivity contribution in [2.45, 2.75) is 6.18 Å². The number of alkyl halides is 3. The number of pyridine rings is 1. The highest BCUT2D eigenvalue weighted by molar-refractivity contribution is 6.30. The molecule has 0 saturated carbocycles. The largest absolute Gasteiger partial charge is 0.433 e. The molecule has 1 aromatic carbocycles. The Kier molecular flexibility index (Phi) is 4.67. The number of aromatic nitrogens is 5. The Morgan fingerprint density at radius 3 is 2.55 bits per heavy atom. The van der Waals surface area contributed by atoms with E-state index in [0.717, 1.165) is 12.3 Å². The molecule has 0 amide bonds. The van der Waals surface area contributed by atoms with Crippen molar-refractivity contribution in [2.75, 3.05) is 0 Å². The van der Waals surface area contributed by atoms with E-state index < -0.39 is 17.3 Å². The summed E-state index contributed by atoms with van der Waals surface area (Å²) in [6.45, 7) is 0. The normalized spacial score (nSPS) is 11.6. The van der Waals surface area contributed by atoms with E-state index in [-0.39, 0.29) is 11.4 Å². The molecule has 0 N–H and O–H groups in total. The molecule has 6 nitrogen and oxygen atoms in total. The van der Waals surface area contributed by atoms with Crippen molar-refractivity contribution < 1.29 is 13.2 Å². The van der Waals surface area contributed by atoms with E-state index in [4.69, 9.17) is 11.6 Å². The van der Waals surface area contributed by atoms with Crippen molar-refractivity contribution >= 4 is 11.6 Å². The van der Waals surface area contributed by atoms with Crippen LogP contribution in [0.4, 0.5) is 13.2 Å². The molecule has 0 saturated heterocycles. The minimum Gasteiger partial charge on any atom is -0.287 e. The molecule has 4 aromatic rings. The number of hydrogen-bond acceptors (Lipinski definition) is 4. The van der Waals surface area contributed by atoms with Gasteiger partial charge in [0, 0.05) is 23.5 Å². The Labute approximate surface area is 166 Å². The van der Waals surface area contributed by atoms with Crippen LogP contribution in [-0.2, 0) is 6.18 Å². The van der Waals surface area contributed by atoms with Gasteiger partial charge in [0.1, 0.15) is 5.69 Å². The van der Waals surface area contributed by atoms with Gasteiger partial charge < -0.3 is 0 Å². The molecule has 0 atom stereocenters. The third kappa shape index (κ3) is 3.77. The van der Waals surface area contributed by atoms with E-state index >= 15 is 0 Å². The predicted molar refractivity (Wildman–Crippen MR) is 100 cm³/mol. The van der Waals surface area contributed by atoms with Gasteiger partial charge in [-0.05, 0) is 36.4 Å². The van der Waals surface area contributed by atoms with E-state index in [1.54, 1.807) is 30.3 Å². The van der Waals surface area contributed by atoms with E-state index in [9.17, 15) is 18.0 Å². The molecule has 29 heavy (non-hydrogen) atoms. The van der Waals surface area contributed by atoms with Crippen LogP contribution in [0.25, 0.3) is 22.8 Å². The van der Waals surface area contributed by atoms with Gasteiger partial charge in [0.15, 0.2) is 5.69 Å². The van der Waals surface area contributed by atoms with Gasteiger partial charge in [0.2, 0.25) is 5.43 Å². The number of hydrogen-bond donors (Lipinski definition) is 0. The third-order valence-electron chi connectivity index (χ3n) is 4.04. The molecule has 3 aromatic heterocycles. The predicted octanol–water partition coefficient (Wildman–Crippen LogP) is 4.15. The Morgan fingerprint density at radius 1 is 0.966 bits per heavy atom. The van der Waals surface area contributed by atoms with Crippen molar-refractivity contribution in [2.24, 2.45) is 0 Å². The zero-order valence-electron chi connectivity index (χ0n) is 14.5. The second-order valence-electron chi connectivity index (χ2n) is 5.98. The molecule has 10 heteroatoms. The Bertz CT molecular complexity index is 1250. The average molecular weight is 418 g/mol. The fourth-order valence-corrected chi connectivity index (χ4v) is 2.93. The maximum Gasteiger partial charge on any atom is 0.433 e. The molecule has 0 bridgehead atoms. The van der Waals surface area contributed by atoms with E-state index in [1.807, 2.05) is 0 Å². The summed E-state index contributed by atoms with van der Waals surface area (Å²) in [5.41, 5.74) is -0.344. The lowest BCUT2D eigenvalue weighted by molar-refractivity contribution is -0.141. The van der Waals surface area contributed by atoms with Crippen LogP contribution < -0.4 is 5.43 Å². The summed E-state index contributed by atoms with van der Waals surface area (Å²) in [6.07, 6.45) is -0.777. The van der Waals surface area contributed by atoms with Crippen LogP contribution in [-0.4, -0.2) is 24.5 Å². The van der Waals surface area contributed by atoms with E-state index in [1.165, 1.54) is 33.9 Å². The monoisotopic (exact) mass is 417 g/mol. The number of rotatable bonds is 3. The van der Waals surface area contributed by atoms with Gasteiger partial charge in [-0.3, -0.25) is 9.78 Å². The van der Waals surface area contributed by atoms with Crippen molar-refractivity contribution in [1.29, 1.82) is 0 Å². The highest BCUT2D eigenvalue weighted by Gasteiger charge is 2.32. The van der Waals surface area contributed by atoms with E-state index in [0.29, 0.717) is 16.4 Å². The van der Waals surface area contributed by atoms with Gasteiger partial charge in [-0.15, -0.1) is 0 Å². The highest BCUT2D eigenvalue weighted by atomic mass is 35.5. The van der Waals surface area contributed by atoms with Crippen LogP contribution in [0, 0.1) is 0 Å². The zero-order chi connectivity index (χ0) is 20.6. The lowest BCUT2D eigenvalue weighted by Crippen LogP contribution is -2.15. The molecule has 146 valence electrons. The summed E-state index contributed by atoms with van der Waals surface area (Å²) in [4.78, 5) is 15.8. The average Bonchev–Trinajstić information content (AvgIpc) is 3.17. The van der Waals surface area contributed by atoms with Gasteiger partial charge in [-0.2, -0.15) is 23.4 Å². The summed E-state index contributed by atoms with van der Waals surface area (Å²) < 4.78 is 41.5. The lowest BCUT2D eigenvalue weighted by Gasteiger charge is -2.11. The molecule has 3 heterocycles. The third-order valence-corrected chi connectivity index (χ3v) is 4.28. The van der Waals surface area contributed by atoms with Gasteiger partial charge in [0.25, 0.3) is 0 Å². The van der Waals surface area contributed by atoms with Crippen molar-refractivity contribution in [1.82, 2.24) is 24.5 Å². The second kappa shape index (κ2) is 7.17. The van der Waals surface area contributed by atoms with Gasteiger partial charge in [0.05, 0.1) is 23.3 Å². The van der Waals surface area contributed by atoms with Crippen LogP contribution in [0.5, 0.6) is 0 Å². The first kappa shape index (κ1) is 18.9. The molecule has 0 aliphatic rings. The van der Waals surface area contributed by atoms with Crippen LogP contribution in [0.2, 0.25) is 5.02 Å². The van der Waals surface area contributed by atoms with Crippen molar-refractivity contribution in [3.63, 3.8) is 0 Å². The quantitative estimate of drug-likeness (QED) is 0.502. The molecule has 0 spiro atoms. The smallest absolute Gasteiger partial charge is 0.287 e. The number of halogens is 4. The minimum atomic E-state index is -4.59. The van der Waals surface area contributed by atoms with Crippen LogP contribution in [0.15, 0.2) is 71.9 Å². The molecule has 0 radical (unpaired) electrons. The maximum absolute atomic E-state index is 13.0. The Balaban J connectivity index is 1.83. The summed E-state index contributed by atoms with van der Waals surface area (Å²) in [5.74, 6) is 0. The molecule has 0 aliphatic carbocycles. The minimum absolute atomic E-state index is 0.0235. The SMILES string of the molecule is O=c1ccn(-c2ccnc(C(F)(F)F)c2)nc1-c1ccnn1-c1cccc(Cl)c1. The first-order chi connectivity index (χ1) is 13.8. The maximum atomic E-state index is 13.0. The molecule has 0 aliphatic heterocycles. The molecular formula is C19H11ClF3N5O. The van der Waals surface area contributed by atoms with Crippen LogP contribution in [0.3, 0.4) is 0 Å². The second-order valence-corrected chi connectivity index (χ2v) is 6.41. The van der Waals surface area contributed by atoms with Crippen molar-refractivity contribution in [3.05, 3.63) is 88.1 Å². The molecule has 0 unspecified atom stereocenters. The van der Waals surface area contributed by atoms with E-state index in [2.05, 4.69) is 15.2 Å². The highest BCUT2D eigenvalue weighted by Crippen LogP contribution is 2.28. The topological polar surface area (TPSA) is 65.6 Å². The number of benzene rings is 1.